The van der Waals surface area contributed by atoms with Crippen LogP contribution >= 0.6 is 11.3 Å². The highest BCUT2D eigenvalue weighted by Crippen LogP contribution is 2.33. The first kappa shape index (κ1) is 13.2. The lowest BCUT2D eigenvalue weighted by Crippen LogP contribution is -2.29. The van der Waals surface area contributed by atoms with E-state index in [2.05, 4.69) is 29.1 Å². The van der Waals surface area contributed by atoms with E-state index in [9.17, 15) is 0 Å². The molecule has 0 fully saturated rings. The van der Waals surface area contributed by atoms with E-state index < -0.39 is 0 Å². The van der Waals surface area contributed by atoms with E-state index in [0.29, 0.717) is 0 Å². The van der Waals surface area contributed by atoms with Gasteiger partial charge in [-0.1, -0.05) is 13.8 Å². The number of fused-ring (bicyclic) bond motifs is 1. The van der Waals surface area contributed by atoms with Gasteiger partial charge in [0.15, 0.2) is 5.82 Å². The number of methoxy groups -OCH3 is 1. The number of nitrogens with zero attached hydrogens (tertiary/aromatic N) is 2. The van der Waals surface area contributed by atoms with E-state index >= 15 is 0 Å². The Bertz CT molecular complexity index is 526. The van der Waals surface area contributed by atoms with Gasteiger partial charge in [0.05, 0.1) is 5.39 Å². The van der Waals surface area contributed by atoms with Crippen LogP contribution in [0.5, 0.6) is 0 Å². The Balaban J connectivity index is 2.63. The zero-order chi connectivity index (χ0) is 13.2. The minimum Gasteiger partial charge on any atom is -0.372 e. The Hall–Kier alpha value is -1.20. The molecule has 0 aliphatic carbocycles. The third-order valence-electron chi connectivity index (χ3n) is 3.50. The topological polar surface area (TPSA) is 47.0 Å². The minimum absolute atomic E-state index is 0.385. The molecule has 0 bridgehead atoms. The first-order valence-electron chi connectivity index (χ1n) is 6.19. The van der Waals surface area contributed by atoms with Crippen molar-refractivity contribution in [1.29, 1.82) is 0 Å². The number of aromatic nitrogens is 2. The molecule has 0 aromatic carbocycles. The molecule has 98 valence electrons. The highest BCUT2D eigenvalue weighted by Gasteiger charge is 2.32. The highest BCUT2D eigenvalue weighted by molar-refractivity contribution is 7.16. The number of thiophene rings is 1. The average molecular weight is 265 g/mol. The van der Waals surface area contributed by atoms with Crippen LogP contribution in [0.15, 0.2) is 11.4 Å². The number of rotatable bonds is 5. The van der Waals surface area contributed by atoms with Gasteiger partial charge in [0.1, 0.15) is 16.2 Å². The third kappa shape index (κ3) is 1.97. The molecular weight excluding hydrogens is 246 g/mol. The summed E-state index contributed by atoms with van der Waals surface area (Å²) in [7, 11) is 3.61. The maximum atomic E-state index is 5.70. The molecule has 0 atom stereocenters. The van der Waals surface area contributed by atoms with E-state index in [4.69, 9.17) is 4.74 Å². The van der Waals surface area contributed by atoms with Crippen LogP contribution in [0.1, 0.15) is 32.5 Å². The van der Waals surface area contributed by atoms with Crippen molar-refractivity contribution in [2.45, 2.75) is 32.3 Å². The van der Waals surface area contributed by atoms with Crippen LogP contribution in [0.3, 0.4) is 0 Å². The smallest absolute Gasteiger partial charge is 0.164 e. The Morgan fingerprint density at radius 2 is 2.06 bits per heavy atom. The quantitative estimate of drug-likeness (QED) is 0.900. The van der Waals surface area contributed by atoms with Gasteiger partial charge in [-0.3, -0.25) is 0 Å². The summed E-state index contributed by atoms with van der Waals surface area (Å²) in [6.45, 7) is 4.21. The highest BCUT2D eigenvalue weighted by atomic mass is 32.1. The first-order chi connectivity index (χ1) is 8.70. The van der Waals surface area contributed by atoms with Crippen molar-refractivity contribution in [2.75, 3.05) is 19.5 Å². The Morgan fingerprint density at radius 3 is 2.61 bits per heavy atom. The van der Waals surface area contributed by atoms with E-state index in [1.54, 1.807) is 18.4 Å². The molecule has 0 amide bonds. The van der Waals surface area contributed by atoms with Crippen molar-refractivity contribution in [3.05, 3.63) is 17.3 Å². The number of nitrogens with one attached hydrogen (secondary N) is 1. The fourth-order valence-electron chi connectivity index (χ4n) is 2.20. The van der Waals surface area contributed by atoms with Crippen LogP contribution in [-0.2, 0) is 10.3 Å². The van der Waals surface area contributed by atoms with Gasteiger partial charge in [0.25, 0.3) is 0 Å². The SMILES string of the molecule is CCC(CC)(OC)c1nc(NC)c2ccsc2n1. The molecule has 0 saturated heterocycles. The van der Waals surface area contributed by atoms with Crippen molar-refractivity contribution >= 4 is 27.4 Å². The average Bonchev–Trinajstić information content (AvgIpc) is 2.89. The maximum absolute atomic E-state index is 5.70. The van der Waals surface area contributed by atoms with Crippen molar-refractivity contribution in [2.24, 2.45) is 0 Å². The third-order valence-corrected chi connectivity index (χ3v) is 4.31. The van der Waals surface area contributed by atoms with E-state index in [1.807, 2.05) is 18.5 Å². The lowest BCUT2D eigenvalue weighted by atomic mass is 9.96. The fraction of sp³-hybridized carbons (Fsp3) is 0.538. The van der Waals surface area contributed by atoms with Crippen LogP contribution in [0.25, 0.3) is 10.2 Å². The van der Waals surface area contributed by atoms with E-state index in [-0.39, 0.29) is 5.60 Å². The molecule has 4 nitrogen and oxygen atoms in total. The largest absolute Gasteiger partial charge is 0.372 e. The van der Waals surface area contributed by atoms with Crippen LogP contribution < -0.4 is 5.32 Å². The van der Waals surface area contributed by atoms with Crippen LogP contribution in [-0.4, -0.2) is 24.1 Å². The van der Waals surface area contributed by atoms with Crippen molar-refractivity contribution < 1.29 is 4.74 Å². The van der Waals surface area contributed by atoms with E-state index in [1.165, 1.54) is 0 Å². The summed E-state index contributed by atoms with van der Waals surface area (Å²) < 4.78 is 5.70. The first-order valence-corrected chi connectivity index (χ1v) is 7.07. The Labute approximate surface area is 111 Å². The number of hydrogen-bond acceptors (Lipinski definition) is 5. The monoisotopic (exact) mass is 265 g/mol. The zero-order valence-corrected chi connectivity index (χ0v) is 12.1. The summed E-state index contributed by atoms with van der Waals surface area (Å²) in [6.07, 6.45) is 1.72. The van der Waals surface area contributed by atoms with Crippen molar-refractivity contribution in [3.8, 4) is 0 Å². The fourth-order valence-corrected chi connectivity index (χ4v) is 2.96. The second kappa shape index (κ2) is 5.20. The molecule has 0 aliphatic heterocycles. The van der Waals surface area contributed by atoms with Crippen molar-refractivity contribution in [1.82, 2.24) is 9.97 Å². The lowest BCUT2D eigenvalue weighted by molar-refractivity contribution is -0.0287. The normalized spacial score (nSPS) is 12.0. The van der Waals surface area contributed by atoms with Gasteiger partial charge in [0.2, 0.25) is 0 Å². The molecule has 2 aromatic heterocycles. The summed E-state index contributed by atoms with van der Waals surface area (Å²) in [6, 6.07) is 2.04. The lowest BCUT2D eigenvalue weighted by Gasteiger charge is -2.28. The van der Waals surface area contributed by atoms with Gasteiger partial charge < -0.3 is 10.1 Å². The predicted molar refractivity (Wildman–Crippen MR) is 76.2 cm³/mol. The molecule has 0 radical (unpaired) electrons. The molecule has 0 saturated carbocycles. The summed E-state index contributed by atoms with van der Waals surface area (Å²) in [5.41, 5.74) is -0.385. The van der Waals surface area contributed by atoms with Crippen LogP contribution in [0, 0.1) is 0 Å². The molecular formula is C13H19N3OS. The number of anilines is 1. The Kier molecular flexibility index (Phi) is 3.82. The zero-order valence-electron chi connectivity index (χ0n) is 11.3. The van der Waals surface area contributed by atoms with Gasteiger partial charge in [-0.2, -0.15) is 0 Å². The van der Waals surface area contributed by atoms with Crippen LogP contribution in [0.4, 0.5) is 5.82 Å². The number of ether oxygens (including phenoxy) is 1. The summed E-state index contributed by atoms with van der Waals surface area (Å²) in [5, 5.41) is 6.25. The van der Waals surface area contributed by atoms with Gasteiger partial charge in [-0.15, -0.1) is 11.3 Å². The number of hydrogen-bond donors (Lipinski definition) is 1. The van der Waals surface area contributed by atoms with Gasteiger partial charge in [-0.25, -0.2) is 9.97 Å². The molecule has 0 aliphatic rings. The molecule has 18 heavy (non-hydrogen) atoms. The minimum atomic E-state index is -0.385. The van der Waals surface area contributed by atoms with Gasteiger partial charge in [-0.05, 0) is 24.3 Å². The summed E-state index contributed by atoms with van der Waals surface area (Å²) in [4.78, 5) is 10.3. The van der Waals surface area contributed by atoms with Crippen molar-refractivity contribution in [3.63, 3.8) is 0 Å². The molecule has 2 aromatic rings. The Morgan fingerprint density at radius 1 is 1.33 bits per heavy atom. The second-order valence-electron chi connectivity index (χ2n) is 4.19. The summed E-state index contributed by atoms with van der Waals surface area (Å²) >= 11 is 1.63. The second-order valence-corrected chi connectivity index (χ2v) is 5.09. The summed E-state index contributed by atoms with van der Waals surface area (Å²) in [5.74, 6) is 1.65. The van der Waals surface area contributed by atoms with Gasteiger partial charge in [0, 0.05) is 14.2 Å². The molecule has 2 heterocycles. The molecule has 2 rings (SSSR count). The van der Waals surface area contributed by atoms with Gasteiger partial charge >= 0.3 is 0 Å². The molecule has 0 spiro atoms. The standard InChI is InChI=1S/C13H19N3OS/c1-5-13(6-2,17-4)12-15-10(14-3)9-7-8-18-11(9)16-12/h7-8H,5-6H2,1-4H3,(H,14,15,16). The molecule has 5 heteroatoms. The maximum Gasteiger partial charge on any atom is 0.164 e. The predicted octanol–water partition coefficient (Wildman–Crippen LogP) is 3.39. The van der Waals surface area contributed by atoms with E-state index in [0.717, 1.165) is 34.7 Å². The molecule has 0 unspecified atom stereocenters. The van der Waals surface area contributed by atoms with Crippen LogP contribution in [0.2, 0.25) is 0 Å². The molecule has 1 N–H and O–H groups in total.